The first kappa shape index (κ1) is 17.3. The summed E-state index contributed by atoms with van der Waals surface area (Å²) >= 11 is 3.13. The van der Waals surface area contributed by atoms with Crippen LogP contribution in [0, 0.1) is 0 Å². The fourth-order valence-corrected chi connectivity index (χ4v) is 3.48. The fraction of sp³-hybridized carbons (Fsp3) is 0.188. The maximum atomic E-state index is 6.04. The predicted molar refractivity (Wildman–Crippen MR) is 103 cm³/mol. The third-order valence-electron chi connectivity index (χ3n) is 3.39. The number of nitrogen functional groups attached to an aromatic ring is 1. The molecule has 0 aliphatic carbocycles. The minimum atomic E-state index is 0.396. The monoisotopic (exact) mass is 374 g/mol. The Bertz CT molecular complexity index is 842. The fourth-order valence-electron chi connectivity index (χ4n) is 1.99. The first-order valence-electron chi connectivity index (χ1n) is 7.48. The van der Waals surface area contributed by atoms with Crippen molar-refractivity contribution in [3.63, 3.8) is 0 Å². The molecule has 0 radical (unpaired) electrons. The van der Waals surface area contributed by atoms with Gasteiger partial charge in [-0.3, -0.25) is 0 Å². The lowest BCUT2D eigenvalue weighted by Gasteiger charge is -2.04. The molecule has 0 spiro atoms. The van der Waals surface area contributed by atoms with E-state index in [9.17, 15) is 0 Å². The van der Waals surface area contributed by atoms with Crippen LogP contribution in [0.25, 0.3) is 0 Å². The van der Waals surface area contributed by atoms with Gasteiger partial charge in [-0.25, -0.2) is 10.1 Å². The zero-order valence-electron chi connectivity index (χ0n) is 13.8. The number of hydrogen-bond donors (Lipinski definition) is 2. The molecule has 0 saturated heterocycles. The lowest BCUT2D eigenvalue weighted by atomic mass is 10.2. The maximum absolute atomic E-state index is 6.04. The summed E-state index contributed by atoms with van der Waals surface area (Å²) < 4.78 is 6.56. The summed E-state index contributed by atoms with van der Waals surface area (Å²) in [5, 5.41) is 15.1. The summed E-state index contributed by atoms with van der Waals surface area (Å²) in [4.78, 5) is 1.09. The summed E-state index contributed by atoms with van der Waals surface area (Å²) in [5.41, 5.74) is 4.88. The van der Waals surface area contributed by atoms with Gasteiger partial charge in [0.1, 0.15) is 5.75 Å². The summed E-state index contributed by atoms with van der Waals surface area (Å²) in [5.74, 6) is 8.00. The Balaban J connectivity index is 1.61. The molecule has 25 heavy (non-hydrogen) atoms. The van der Waals surface area contributed by atoms with E-state index in [1.165, 1.54) is 16.4 Å². The van der Waals surface area contributed by atoms with Crippen molar-refractivity contribution in [2.75, 3.05) is 18.4 Å². The number of nitrogens with zero attached hydrogens (tertiary/aromatic N) is 4. The molecule has 3 rings (SSSR count). The van der Waals surface area contributed by atoms with Gasteiger partial charge in [0.15, 0.2) is 0 Å². The van der Waals surface area contributed by atoms with E-state index in [2.05, 4.69) is 20.7 Å². The second-order valence-electron chi connectivity index (χ2n) is 5.10. The van der Waals surface area contributed by atoms with Gasteiger partial charge in [0.25, 0.3) is 5.95 Å². The van der Waals surface area contributed by atoms with Crippen LogP contribution in [0.2, 0.25) is 0 Å². The Labute approximate surface area is 153 Å². The second kappa shape index (κ2) is 8.04. The van der Waals surface area contributed by atoms with Gasteiger partial charge >= 0.3 is 0 Å². The van der Waals surface area contributed by atoms with E-state index in [0.29, 0.717) is 11.1 Å². The van der Waals surface area contributed by atoms with Crippen molar-refractivity contribution in [3.8, 4) is 5.75 Å². The lowest BCUT2D eigenvalue weighted by Crippen LogP contribution is -2.13. The smallest absolute Gasteiger partial charge is 0.264 e. The van der Waals surface area contributed by atoms with E-state index >= 15 is 0 Å². The Morgan fingerprint density at radius 2 is 2.12 bits per heavy atom. The number of thioether (sulfide) groups is 1. The van der Waals surface area contributed by atoms with E-state index in [4.69, 9.17) is 10.6 Å². The molecule has 0 amide bonds. The SMILES string of the molecule is COc1ccc(CSc2nnc(N/N=C(\C)c3cccs3)n2N)cc1. The molecule has 0 bridgehead atoms. The number of benzene rings is 1. The highest BCUT2D eigenvalue weighted by molar-refractivity contribution is 7.98. The van der Waals surface area contributed by atoms with Gasteiger partial charge in [0, 0.05) is 10.6 Å². The van der Waals surface area contributed by atoms with E-state index in [0.717, 1.165) is 27.7 Å². The van der Waals surface area contributed by atoms with Crippen molar-refractivity contribution in [1.29, 1.82) is 0 Å². The quantitative estimate of drug-likeness (QED) is 0.286. The van der Waals surface area contributed by atoms with Crippen LogP contribution in [-0.4, -0.2) is 27.7 Å². The zero-order chi connectivity index (χ0) is 17.6. The molecule has 2 aromatic heterocycles. The first-order chi connectivity index (χ1) is 12.2. The molecule has 0 atom stereocenters. The molecule has 0 unspecified atom stereocenters. The zero-order valence-corrected chi connectivity index (χ0v) is 15.5. The van der Waals surface area contributed by atoms with Gasteiger partial charge in [0.05, 0.1) is 12.8 Å². The standard InChI is InChI=1S/C16H18N6OS2/c1-11(14-4-3-9-24-14)18-19-15-20-21-16(22(15)17)25-10-12-5-7-13(23-2)8-6-12/h3-9H,10,17H2,1-2H3,(H,19,20)/b18-11+. The van der Waals surface area contributed by atoms with Crippen LogP contribution in [0.15, 0.2) is 52.0 Å². The van der Waals surface area contributed by atoms with Crippen LogP contribution in [0.4, 0.5) is 5.95 Å². The van der Waals surface area contributed by atoms with Crippen molar-refractivity contribution >= 4 is 34.8 Å². The first-order valence-corrected chi connectivity index (χ1v) is 9.34. The van der Waals surface area contributed by atoms with Crippen LogP contribution < -0.4 is 16.0 Å². The largest absolute Gasteiger partial charge is 0.497 e. The van der Waals surface area contributed by atoms with Crippen LogP contribution >= 0.6 is 23.1 Å². The number of aromatic nitrogens is 3. The molecule has 1 aromatic carbocycles. The number of methoxy groups -OCH3 is 1. The predicted octanol–water partition coefficient (Wildman–Crippen LogP) is 3.19. The molecular weight excluding hydrogens is 356 g/mol. The van der Waals surface area contributed by atoms with E-state index in [1.54, 1.807) is 18.4 Å². The van der Waals surface area contributed by atoms with Gasteiger partial charge in [-0.15, -0.1) is 21.5 Å². The maximum Gasteiger partial charge on any atom is 0.264 e. The highest BCUT2D eigenvalue weighted by Gasteiger charge is 2.10. The summed E-state index contributed by atoms with van der Waals surface area (Å²) in [7, 11) is 1.65. The number of rotatable bonds is 7. The molecule has 3 aromatic rings. The van der Waals surface area contributed by atoms with E-state index in [1.807, 2.05) is 48.7 Å². The van der Waals surface area contributed by atoms with Crippen molar-refractivity contribution in [1.82, 2.24) is 14.9 Å². The minimum Gasteiger partial charge on any atom is -0.497 e. The van der Waals surface area contributed by atoms with E-state index < -0.39 is 0 Å². The molecule has 3 N–H and O–H groups in total. The molecular formula is C16H18N6OS2. The van der Waals surface area contributed by atoms with Crippen molar-refractivity contribution in [3.05, 3.63) is 52.2 Å². The van der Waals surface area contributed by atoms with Crippen LogP contribution in [0.3, 0.4) is 0 Å². The average Bonchev–Trinajstić information content (AvgIpc) is 3.29. The topological polar surface area (TPSA) is 90.4 Å². The van der Waals surface area contributed by atoms with Gasteiger partial charge in [-0.1, -0.05) is 30.0 Å². The third kappa shape index (κ3) is 4.31. The summed E-state index contributed by atoms with van der Waals surface area (Å²) in [6.07, 6.45) is 0. The molecule has 2 heterocycles. The Kier molecular flexibility index (Phi) is 5.56. The Morgan fingerprint density at radius 1 is 1.32 bits per heavy atom. The third-order valence-corrected chi connectivity index (χ3v) is 5.39. The molecule has 0 aliphatic rings. The van der Waals surface area contributed by atoms with Crippen molar-refractivity contribution < 1.29 is 4.74 Å². The number of nitrogens with two attached hydrogens (primary N) is 1. The van der Waals surface area contributed by atoms with Gasteiger partial charge in [0.2, 0.25) is 5.16 Å². The summed E-state index contributed by atoms with van der Waals surface area (Å²) in [6, 6.07) is 11.9. The van der Waals surface area contributed by atoms with E-state index in [-0.39, 0.29) is 0 Å². The molecule has 0 saturated carbocycles. The minimum absolute atomic E-state index is 0.396. The Hall–Kier alpha value is -2.52. The highest BCUT2D eigenvalue weighted by atomic mass is 32.2. The van der Waals surface area contributed by atoms with Crippen LogP contribution in [-0.2, 0) is 5.75 Å². The normalized spacial score (nSPS) is 11.5. The van der Waals surface area contributed by atoms with Crippen LogP contribution in [0.1, 0.15) is 17.4 Å². The number of hydrogen-bond acceptors (Lipinski definition) is 8. The average molecular weight is 374 g/mol. The summed E-state index contributed by atoms with van der Waals surface area (Å²) in [6.45, 7) is 1.93. The number of ether oxygens (including phenoxy) is 1. The molecule has 130 valence electrons. The molecule has 7 nitrogen and oxygen atoms in total. The lowest BCUT2D eigenvalue weighted by molar-refractivity contribution is 0.414. The van der Waals surface area contributed by atoms with Gasteiger partial charge in [-0.2, -0.15) is 5.10 Å². The number of anilines is 1. The van der Waals surface area contributed by atoms with Crippen molar-refractivity contribution in [2.45, 2.75) is 17.8 Å². The van der Waals surface area contributed by atoms with Gasteiger partial charge < -0.3 is 10.6 Å². The number of nitrogens with one attached hydrogen (secondary N) is 1. The van der Waals surface area contributed by atoms with Crippen LogP contribution in [0.5, 0.6) is 5.75 Å². The number of hydrazone groups is 1. The molecule has 0 fully saturated rings. The molecule has 9 heteroatoms. The number of thiophene rings is 1. The highest BCUT2D eigenvalue weighted by Crippen LogP contribution is 2.23. The Morgan fingerprint density at radius 3 is 2.80 bits per heavy atom. The van der Waals surface area contributed by atoms with Crippen molar-refractivity contribution in [2.24, 2.45) is 5.10 Å². The molecule has 0 aliphatic heterocycles. The van der Waals surface area contributed by atoms with Gasteiger partial charge in [-0.05, 0) is 36.1 Å². The second-order valence-corrected chi connectivity index (χ2v) is 6.99.